The maximum atomic E-state index is 4.83. The summed E-state index contributed by atoms with van der Waals surface area (Å²) in [7, 11) is 0. The van der Waals surface area contributed by atoms with E-state index in [2.05, 4.69) is 22.4 Å². The maximum Gasteiger partial charge on any atom is 1.00 e. The van der Waals surface area contributed by atoms with Crippen LogP contribution in [0.25, 0.3) is 0 Å². The minimum atomic E-state index is -0.114. The van der Waals surface area contributed by atoms with E-state index >= 15 is 0 Å². The van der Waals surface area contributed by atoms with Crippen LogP contribution < -0.4 is 80.4 Å². The molecule has 0 atom stereocenters. The van der Waals surface area contributed by atoms with E-state index in [4.69, 9.17) is 11.5 Å². The second-order valence-corrected chi connectivity index (χ2v) is 0.899. The van der Waals surface area contributed by atoms with Crippen molar-refractivity contribution in [3.8, 4) is 0 Å². The van der Waals surface area contributed by atoms with Gasteiger partial charge in [-0.3, -0.25) is 0 Å². The van der Waals surface area contributed by atoms with Gasteiger partial charge in [0.25, 0.3) is 0 Å². The van der Waals surface area contributed by atoms with E-state index in [-0.39, 0.29) is 88.7 Å². The Morgan fingerprint density at radius 1 is 1.56 bits per heavy atom. The Morgan fingerprint density at radius 2 is 2.00 bits per heavy atom. The molecule has 0 aromatic carbocycles. The second-order valence-electron chi connectivity index (χ2n) is 0.716. The number of hydrogen-bond acceptors (Lipinski definition) is 3. The van der Waals surface area contributed by atoms with Gasteiger partial charge < -0.3 is 12.9 Å². The molecule has 0 aliphatic carbocycles. The fourth-order valence-electron chi connectivity index (χ4n) is 0.0781. The topological polar surface area (TPSA) is 76.8 Å². The number of isothiocyanates is 1. The van der Waals surface area contributed by atoms with Crippen LogP contribution in [-0.2, 0) is 0 Å². The Kier molecular flexibility index (Phi) is 22.6. The number of rotatable bonds is 1. The third kappa shape index (κ3) is 17.7. The van der Waals surface area contributed by atoms with Gasteiger partial charge in [0, 0.05) is 0 Å². The van der Waals surface area contributed by atoms with Crippen LogP contribution in [0.2, 0.25) is 0 Å². The van der Waals surface area contributed by atoms with Crippen LogP contribution in [0.3, 0.4) is 0 Å². The normalized spacial score (nSPS) is 4.89. The van der Waals surface area contributed by atoms with Crippen LogP contribution in [0.5, 0.6) is 0 Å². The van der Waals surface area contributed by atoms with Crippen molar-refractivity contribution in [1.82, 2.24) is 0 Å². The van der Waals surface area contributed by atoms with Crippen molar-refractivity contribution in [3.05, 3.63) is 0 Å². The predicted molar refractivity (Wildman–Crippen MR) is 39.2 cm³/mol. The first-order chi connectivity index (χ1) is 3.27. The van der Waals surface area contributed by atoms with E-state index < -0.39 is 0 Å². The zero-order valence-corrected chi connectivity index (χ0v) is 12.8. The van der Waals surface area contributed by atoms with Crippen molar-refractivity contribution < 1.29 is 70.3 Å². The summed E-state index contributed by atoms with van der Waals surface area (Å²) in [6.45, 7) is 0. The summed E-state index contributed by atoms with van der Waals surface area (Å²) in [4.78, 5) is 0. The molecule has 0 radical (unpaired) electrons. The summed E-state index contributed by atoms with van der Waals surface area (Å²) in [6, 6.07) is 0. The molecule has 0 rings (SSSR count). The molecule has 7 heteroatoms. The fourth-order valence-corrected chi connectivity index (χ4v) is 0.119. The maximum absolute atomic E-state index is 4.83. The molecule has 48 valence electrons. The zero-order valence-electron chi connectivity index (χ0n) is 5.87. The largest absolute Gasteiger partial charge is 1.00 e. The Hall–Kier alpha value is 1.41. The summed E-state index contributed by atoms with van der Waals surface area (Å²) < 4.78 is 0. The molecule has 0 spiro atoms. The van der Waals surface area contributed by atoms with Crippen LogP contribution in [-0.4, -0.2) is 11.1 Å². The van der Waals surface area contributed by atoms with Gasteiger partial charge in [0.05, 0.1) is 5.16 Å². The van der Waals surface area contributed by atoms with E-state index in [1.54, 1.807) is 0 Å². The SMILES string of the molecule is Cl.NC(N)=NN=C=S.[Cs+].[H-]. The van der Waals surface area contributed by atoms with Gasteiger partial charge >= 0.3 is 68.9 Å². The molecule has 0 bridgehead atoms. The summed E-state index contributed by atoms with van der Waals surface area (Å²) in [5.41, 5.74) is 9.65. The number of nitrogens with zero attached hydrogens (tertiary/aromatic N) is 2. The molecule has 0 aromatic heterocycles. The molecule has 0 heterocycles. The Bertz CT molecular complexity index is 131. The molecule has 0 saturated heterocycles. The minimum Gasteiger partial charge on any atom is -1.00 e. The summed E-state index contributed by atoms with van der Waals surface area (Å²) in [5, 5.41) is 8.16. The van der Waals surface area contributed by atoms with Crippen LogP contribution in [0.1, 0.15) is 1.43 Å². The third-order valence-electron chi connectivity index (χ3n) is 0.206. The molecular weight excluding hydrogens is 280 g/mol. The van der Waals surface area contributed by atoms with Crippen molar-refractivity contribution in [2.45, 2.75) is 0 Å². The van der Waals surface area contributed by atoms with Crippen LogP contribution in [0, 0.1) is 0 Å². The second kappa shape index (κ2) is 12.1. The average Bonchev–Trinajstić information content (AvgIpc) is 1.61. The number of thiocarbonyl (C=S) groups is 1. The van der Waals surface area contributed by atoms with E-state index in [0.29, 0.717) is 0 Å². The molecule has 0 aliphatic rings. The molecule has 0 fully saturated rings. The molecule has 0 unspecified atom stereocenters. The first kappa shape index (κ1) is 16.8. The first-order valence-corrected chi connectivity index (χ1v) is 1.84. The Balaban J connectivity index is -0.0000000600. The van der Waals surface area contributed by atoms with Crippen molar-refractivity contribution >= 4 is 35.7 Å². The molecule has 0 amide bonds. The van der Waals surface area contributed by atoms with Crippen LogP contribution in [0.4, 0.5) is 0 Å². The van der Waals surface area contributed by atoms with Crippen LogP contribution in [0.15, 0.2) is 10.2 Å². The number of hydrogen-bond donors (Lipinski definition) is 2. The molecule has 0 aromatic rings. The molecule has 4 N–H and O–H groups in total. The number of nitrogens with two attached hydrogens (primary N) is 2. The van der Waals surface area contributed by atoms with E-state index in [0.717, 1.165) is 0 Å². The van der Waals surface area contributed by atoms with Gasteiger partial charge in [-0.2, -0.15) is 0 Å². The van der Waals surface area contributed by atoms with Crippen LogP contribution >= 0.6 is 24.6 Å². The predicted octanol–water partition coefficient (Wildman–Crippen LogP) is -3.18. The summed E-state index contributed by atoms with van der Waals surface area (Å²) in [6.07, 6.45) is 0. The minimum absolute atomic E-state index is 0. The van der Waals surface area contributed by atoms with Crippen molar-refractivity contribution in [1.29, 1.82) is 0 Å². The molecule has 0 saturated carbocycles. The van der Waals surface area contributed by atoms with Gasteiger partial charge in [0.2, 0.25) is 5.96 Å². The van der Waals surface area contributed by atoms with Gasteiger partial charge in [0.15, 0.2) is 0 Å². The standard InChI is InChI=1S/C2H4N4S.ClH.Cs.H/c3-2(4)6-5-1-7;;;/h(H4,3,4,6);1H;;/q;;+1;-1. The summed E-state index contributed by atoms with van der Waals surface area (Å²) in [5.74, 6) is -0.114. The van der Waals surface area contributed by atoms with Crippen molar-refractivity contribution in [3.63, 3.8) is 0 Å². The Labute approximate surface area is 125 Å². The average molecular weight is 287 g/mol. The van der Waals surface area contributed by atoms with Gasteiger partial charge in [-0.05, 0) is 12.2 Å². The molecule has 0 aliphatic heterocycles. The van der Waals surface area contributed by atoms with Gasteiger partial charge in [-0.25, -0.2) is 0 Å². The number of guanidine groups is 1. The van der Waals surface area contributed by atoms with Crippen molar-refractivity contribution in [2.75, 3.05) is 0 Å². The zero-order chi connectivity index (χ0) is 5.70. The quantitative estimate of drug-likeness (QED) is 0.231. The van der Waals surface area contributed by atoms with E-state index in [1.807, 2.05) is 5.16 Å². The molecular formula is C2H6ClCsN4S. The van der Waals surface area contributed by atoms with Gasteiger partial charge in [0.1, 0.15) is 0 Å². The van der Waals surface area contributed by atoms with Gasteiger partial charge in [-0.15, -0.1) is 17.5 Å². The summed E-state index contributed by atoms with van der Waals surface area (Å²) >= 11 is 4.14. The van der Waals surface area contributed by atoms with E-state index in [1.165, 1.54) is 0 Å². The Morgan fingerprint density at radius 3 is 2.11 bits per heavy atom. The van der Waals surface area contributed by atoms with Gasteiger partial charge in [-0.1, -0.05) is 5.10 Å². The monoisotopic (exact) mass is 286 g/mol. The first-order valence-electron chi connectivity index (χ1n) is 1.43. The molecule has 4 nitrogen and oxygen atoms in total. The fraction of sp³-hybridized carbons (Fsp3) is 0. The van der Waals surface area contributed by atoms with E-state index in [9.17, 15) is 0 Å². The van der Waals surface area contributed by atoms with Crippen molar-refractivity contribution in [2.24, 2.45) is 21.7 Å². The molecule has 9 heavy (non-hydrogen) atoms. The smallest absolute Gasteiger partial charge is 1.00 e. The number of halogens is 1. The third-order valence-corrected chi connectivity index (χ3v) is 0.288.